The van der Waals surface area contributed by atoms with E-state index in [1.165, 1.54) is 11.1 Å². The molecule has 0 unspecified atom stereocenters. The fourth-order valence-corrected chi connectivity index (χ4v) is 3.78. The van der Waals surface area contributed by atoms with Gasteiger partial charge in [-0.05, 0) is 56.2 Å². The molecule has 1 aliphatic heterocycles. The van der Waals surface area contributed by atoms with Crippen molar-refractivity contribution >= 4 is 11.7 Å². The number of benzene rings is 1. The first kappa shape index (κ1) is 15.9. The molecule has 116 valence electrons. The molecule has 2 rings (SSSR count). The molecule has 2 atom stereocenters. The Balaban J connectivity index is 2.64. The van der Waals surface area contributed by atoms with Crippen molar-refractivity contribution < 1.29 is 9.90 Å². The fourth-order valence-electron chi connectivity index (χ4n) is 3.78. The minimum absolute atomic E-state index is 0.0588. The smallest absolute Gasteiger partial charge is 0.326 e. The van der Waals surface area contributed by atoms with Crippen LogP contribution < -0.4 is 4.90 Å². The summed E-state index contributed by atoms with van der Waals surface area (Å²) in [5.74, 6) is -0.225. The summed E-state index contributed by atoms with van der Waals surface area (Å²) in [6.45, 7) is 12.6. The molecule has 0 amide bonds. The second-order valence-electron chi connectivity index (χ2n) is 7.38. The van der Waals surface area contributed by atoms with E-state index in [1.54, 1.807) is 0 Å². The summed E-state index contributed by atoms with van der Waals surface area (Å²) in [5.41, 5.74) is 3.39. The van der Waals surface area contributed by atoms with Gasteiger partial charge >= 0.3 is 5.97 Å². The minimum atomic E-state index is -0.736. The SMILES string of the molecule is Cc1ccc2c(c1)N([C@@H](C(=O)O)C(C)C)C(C)(C)C[C@@H]2C. The molecular formula is C18H27NO2. The maximum Gasteiger partial charge on any atom is 0.326 e. The van der Waals surface area contributed by atoms with Gasteiger partial charge in [0.2, 0.25) is 0 Å². The van der Waals surface area contributed by atoms with Crippen molar-refractivity contribution in [3.05, 3.63) is 29.3 Å². The Morgan fingerprint density at radius 3 is 2.52 bits per heavy atom. The van der Waals surface area contributed by atoms with Gasteiger partial charge in [-0.15, -0.1) is 0 Å². The molecule has 3 nitrogen and oxygen atoms in total. The standard InChI is InChI=1S/C18H27NO2/c1-11(2)16(17(20)21)19-15-9-12(3)7-8-14(15)13(4)10-18(19,5)6/h7-9,11,13,16H,10H2,1-6H3,(H,20,21)/t13-,16+/m0/s1. The quantitative estimate of drug-likeness (QED) is 0.906. The molecule has 0 radical (unpaired) electrons. The fraction of sp³-hybridized carbons (Fsp3) is 0.611. The van der Waals surface area contributed by atoms with Gasteiger partial charge < -0.3 is 10.0 Å². The molecule has 0 saturated heterocycles. The third-order valence-corrected chi connectivity index (χ3v) is 4.60. The van der Waals surface area contributed by atoms with Crippen molar-refractivity contribution in [2.24, 2.45) is 5.92 Å². The zero-order valence-corrected chi connectivity index (χ0v) is 14.0. The second kappa shape index (κ2) is 5.36. The van der Waals surface area contributed by atoms with E-state index in [-0.39, 0.29) is 11.5 Å². The van der Waals surface area contributed by atoms with Crippen LogP contribution in [0.4, 0.5) is 5.69 Å². The highest BCUT2D eigenvalue weighted by Gasteiger charge is 2.43. The maximum atomic E-state index is 11.9. The molecule has 3 heteroatoms. The Morgan fingerprint density at radius 2 is 2.00 bits per heavy atom. The van der Waals surface area contributed by atoms with Gasteiger partial charge in [0, 0.05) is 11.2 Å². The number of rotatable bonds is 3. The first-order chi connectivity index (χ1) is 9.65. The average Bonchev–Trinajstić information content (AvgIpc) is 2.32. The number of hydrogen-bond donors (Lipinski definition) is 1. The van der Waals surface area contributed by atoms with Crippen molar-refractivity contribution in [2.45, 2.75) is 65.5 Å². The molecule has 0 spiro atoms. The molecule has 1 aliphatic rings. The van der Waals surface area contributed by atoms with Gasteiger partial charge in [-0.25, -0.2) is 4.79 Å². The summed E-state index contributed by atoms with van der Waals surface area (Å²) in [6, 6.07) is 5.94. The Morgan fingerprint density at radius 1 is 1.38 bits per heavy atom. The van der Waals surface area contributed by atoms with Gasteiger partial charge in [0.15, 0.2) is 0 Å². The lowest BCUT2D eigenvalue weighted by molar-refractivity contribution is -0.140. The number of fused-ring (bicyclic) bond motifs is 1. The second-order valence-corrected chi connectivity index (χ2v) is 7.38. The summed E-state index contributed by atoms with van der Waals surface area (Å²) >= 11 is 0. The number of carbonyl (C=O) groups is 1. The Hall–Kier alpha value is -1.51. The van der Waals surface area contributed by atoms with Crippen LogP contribution in [0.2, 0.25) is 0 Å². The lowest BCUT2D eigenvalue weighted by atomic mass is 9.78. The molecule has 0 aliphatic carbocycles. The van der Waals surface area contributed by atoms with Crippen molar-refractivity contribution in [2.75, 3.05) is 4.90 Å². The van der Waals surface area contributed by atoms with Crippen LogP contribution in [0.25, 0.3) is 0 Å². The van der Waals surface area contributed by atoms with Crippen LogP contribution in [-0.4, -0.2) is 22.7 Å². The average molecular weight is 289 g/mol. The van der Waals surface area contributed by atoms with Crippen LogP contribution in [0.5, 0.6) is 0 Å². The molecule has 0 aromatic heterocycles. The number of carboxylic acid groups (broad SMARTS) is 1. The molecule has 1 heterocycles. The third-order valence-electron chi connectivity index (χ3n) is 4.60. The van der Waals surface area contributed by atoms with Crippen LogP contribution in [0, 0.1) is 12.8 Å². The van der Waals surface area contributed by atoms with E-state index in [4.69, 9.17) is 0 Å². The lowest BCUT2D eigenvalue weighted by Crippen LogP contribution is -2.58. The van der Waals surface area contributed by atoms with Crippen LogP contribution in [0.15, 0.2) is 18.2 Å². The van der Waals surface area contributed by atoms with E-state index < -0.39 is 12.0 Å². The van der Waals surface area contributed by atoms with E-state index in [1.807, 2.05) is 13.8 Å². The molecule has 0 bridgehead atoms. The molecule has 1 aromatic rings. The van der Waals surface area contributed by atoms with Gasteiger partial charge in [0.05, 0.1) is 0 Å². The molecule has 0 saturated carbocycles. The molecular weight excluding hydrogens is 262 g/mol. The number of nitrogens with zero attached hydrogens (tertiary/aromatic N) is 1. The Kier molecular flexibility index (Phi) is 4.05. The Labute approximate surface area is 128 Å². The highest BCUT2D eigenvalue weighted by Crippen LogP contribution is 2.45. The van der Waals surface area contributed by atoms with Gasteiger partial charge in [-0.1, -0.05) is 32.9 Å². The summed E-state index contributed by atoms with van der Waals surface area (Å²) in [5, 5.41) is 9.75. The van der Waals surface area contributed by atoms with Gasteiger partial charge in [0.25, 0.3) is 0 Å². The van der Waals surface area contributed by atoms with Gasteiger partial charge in [-0.2, -0.15) is 0 Å². The van der Waals surface area contributed by atoms with E-state index in [0.717, 1.165) is 12.1 Å². The zero-order chi connectivity index (χ0) is 15.9. The van der Waals surface area contributed by atoms with Crippen LogP contribution in [-0.2, 0) is 4.79 Å². The number of hydrogen-bond acceptors (Lipinski definition) is 2. The van der Waals surface area contributed by atoms with E-state index in [2.05, 4.69) is 50.8 Å². The topological polar surface area (TPSA) is 40.5 Å². The summed E-state index contributed by atoms with van der Waals surface area (Å²) in [7, 11) is 0. The van der Waals surface area contributed by atoms with Crippen LogP contribution in [0.3, 0.4) is 0 Å². The van der Waals surface area contributed by atoms with Crippen molar-refractivity contribution in [3.8, 4) is 0 Å². The van der Waals surface area contributed by atoms with Crippen molar-refractivity contribution in [1.29, 1.82) is 0 Å². The first-order valence-electron chi connectivity index (χ1n) is 7.78. The predicted octanol–water partition coefficient (Wildman–Crippen LogP) is 4.20. The van der Waals surface area contributed by atoms with E-state index in [9.17, 15) is 9.90 Å². The highest BCUT2D eigenvalue weighted by molar-refractivity contribution is 5.80. The number of carboxylic acids is 1. The van der Waals surface area contributed by atoms with Crippen LogP contribution in [0.1, 0.15) is 58.1 Å². The van der Waals surface area contributed by atoms with Crippen molar-refractivity contribution in [1.82, 2.24) is 0 Å². The summed E-state index contributed by atoms with van der Waals surface area (Å²) in [4.78, 5) is 14.0. The highest BCUT2D eigenvalue weighted by atomic mass is 16.4. The number of aryl methyl sites for hydroxylation is 1. The normalized spacial score (nSPS) is 22.0. The summed E-state index contributed by atoms with van der Waals surface area (Å²) in [6.07, 6.45) is 0.972. The molecule has 1 aromatic carbocycles. The maximum absolute atomic E-state index is 11.9. The summed E-state index contributed by atoms with van der Waals surface area (Å²) < 4.78 is 0. The van der Waals surface area contributed by atoms with Crippen LogP contribution >= 0.6 is 0 Å². The monoisotopic (exact) mass is 289 g/mol. The van der Waals surface area contributed by atoms with Gasteiger partial charge in [-0.3, -0.25) is 0 Å². The number of anilines is 1. The third kappa shape index (κ3) is 2.78. The van der Waals surface area contributed by atoms with Crippen molar-refractivity contribution in [3.63, 3.8) is 0 Å². The minimum Gasteiger partial charge on any atom is -0.480 e. The predicted molar refractivity (Wildman–Crippen MR) is 87.0 cm³/mol. The number of aliphatic carboxylic acids is 1. The lowest BCUT2D eigenvalue weighted by Gasteiger charge is -2.51. The largest absolute Gasteiger partial charge is 0.480 e. The van der Waals surface area contributed by atoms with E-state index in [0.29, 0.717) is 5.92 Å². The Bertz CT molecular complexity index is 548. The molecule has 0 fully saturated rings. The van der Waals surface area contributed by atoms with Gasteiger partial charge in [0.1, 0.15) is 6.04 Å². The zero-order valence-electron chi connectivity index (χ0n) is 14.0. The first-order valence-corrected chi connectivity index (χ1v) is 7.78. The molecule has 21 heavy (non-hydrogen) atoms. The van der Waals surface area contributed by atoms with E-state index >= 15 is 0 Å². The molecule has 1 N–H and O–H groups in total.